The van der Waals surface area contributed by atoms with E-state index in [1.807, 2.05) is 13.1 Å². The van der Waals surface area contributed by atoms with Crippen LogP contribution >= 0.6 is 11.1 Å². The molecule has 4 heteroatoms. The summed E-state index contributed by atoms with van der Waals surface area (Å²) < 4.78 is 4.85. The largest absolute Gasteiger partial charge is 0.468 e. The monoisotopic (exact) mass is 180 g/mol. The second-order valence-corrected chi connectivity index (χ2v) is 9.53. The second-order valence-electron chi connectivity index (χ2n) is 2.73. The highest BCUT2D eigenvalue weighted by Gasteiger charge is 2.18. The normalized spacial score (nSPS) is 11.2. The number of carbonyl (C=O) groups excluding carboxylic acids is 1. The van der Waals surface area contributed by atoms with Gasteiger partial charge in [0.15, 0.2) is 7.38 Å². The first-order valence-corrected chi connectivity index (χ1v) is 7.52. The molecule has 0 heterocycles. The van der Waals surface area contributed by atoms with Gasteiger partial charge < -0.3 is 4.74 Å². The number of hydrogen-bond acceptors (Lipinski definition) is 2. The van der Waals surface area contributed by atoms with E-state index in [2.05, 4.69) is 0 Å². The third-order valence-electron chi connectivity index (χ3n) is 0.865. The molecular weight excluding hydrogens is 168 g/mol. The second kappa shape index (κ2) is 3.98. The summed E-state index contributed by atoms with van der Waals surface area (Å²) >= 11 is 5.90. The van der Waals surface area contributed by atoms with Gasteiger partial charge in [-0.25, -0.2) is 0 Å². The Morgan fingerprint density at radius 1 is 1.60 bits per heavy atom. The van der Waals surface area contributed by atoms with Crippen molar-refractivity contribution in [3.8, 4) is 0 Å². The van der Waals surface area contributed by atoms with E-state index in [1.54, 1.807) is 6.92 Å². The molecule has 0 unspecified atom stereocenters. The number of esters is 1. The fraction of sp³-hybridized carbons (Fsp3) is 0.833. The van der Waals surface area contributed by atoms with Crippen molar-refractivity contribution in [2.24, 2.45) is 0 Å². The van der Waals surface area contributed by atoms with Crippen LogP contribution in [-0.4, -0.2) is 19.6 Å². The Labute approximate surface area is 67.2 Å². The lowest BCUT2D eigenvalue weighted by atomic mass is 10.5. The number of halogens is 1. The summed E-state index contributed by atoms with van der Waals surface area (Å²) in [5.41, 5.74) is 0. The minimum absolute atomic E-state index is 0.166. The minimum Gasteiger partial charge on any atom is -0.468 e. The summed E-state index contributed by atoms with van der Waals surface area (Å²) in [5.74, 6) is -0.166. The van der Waals surface area contributed by atoms with Crippen molar-refractivity contribution in [3.05, 3.63) is 0 Å². The molecule has 0 rings (SSSR count). The molecule has 60 valence electrons. The lowest BCUT2D eigenvalue weighted by Crippen LogP contribution is -2.27. The van der Waals surface area contributed by atoms with E-state index < -0.39 is 7.38 Å². The van der Waals surface area contributed by atoms with E-state index in [0.717, 1.165) is 0 Å². The van der Waals surface area contributed by atoms with Gasteiger partial charge in [0, 0.05) is 6.42 Å². The lowest BCUT2D eigenvalue weighted by Gasteiger charge is -2.11. The van der Waals surface area contributed by atoms with Crippen molar-refractivity contribution >= 4 is 24.4 Å². The topological polar surface area (TPSA) is 26.3 Å². The van der Waals surface area contributed by atoms with E-state index in [0.29, 0.717) is 12.7 Å². The predicted octanol–water partition coefficient (Wildman–Crippen LogP) is 1.92. The number of hydrogen-bond donors (Lipinski definition) is 0. The third kappa shape index (κ3) is 6.10. The smallest absolute Gasteiger partial charge is 0.305 e. The van der Waals surface area contributed by atoms with Gasteiger partial charge in [0.05, 0.1) is 6.23 Å². The van der Waals surface area contributed by atoms with E-state index >= 15 is 0 Å². The van der Waals surface area contributed by atoms with Crippen LogP contribution < -0.4 is 0 Å². The molecule has 0 fully saturated rings. The van der Waals surface area contributed by atoms with Crippen molar-refractivity contribution in [2.45, 2.75) is 26.4 Å². The van der Waals surface area contributed by atoms with Crippen LogP contribution in [0.5, 0.6) is 0 Å². The summed E-state index contributed by atoms with van der Waals surface area (Å²) in [5, 5.41) is 0. The van der Waals surface area contributed by atoms with Gasteiger partial charge in [-0.3, -0.25) is 4.79 Å². The van der Waals surface area contributed by atoms with Crippen LogP contribution in [0, 0.1) is 0 Å². The van der Waals surface area contributed by atoms with E-state index in [4.69, 9.17) is 15.8 Å². The zero-order chi connectivity index (χ0) is 8.20. The zero-order valence-corrected chi connectivity index (χ0v) is 8.36. The average molecular weight is 181 g/mol. The molecular formula is C6H13ClO2Si. The Morgan fingerprint density at radius 2 is 2.10 bits per heavy atom. The van der Waals surface area contributed by atoms with Crippen LogP contribution in [0.15, 0.2) is 0 Å². The Hall–Kier alpha value is -0.0231. The van der Waals surface area contributed by atoms with Crippen LogP contribution in [-0.2, 0) is 9.53 Å². The molecule has 10 heavy (non-hydrogen) atoms. The number of ether oxygens (including phenoxy) is 1. The molecule has 0 N–H and O–H groups in total. The van der Waals surface area contributed by atoms with Crippen molar-refractivity contribution in [1.82, 2.24) is 0 Å². The fourth-order valence-corrected chi connectivity index (χ4v) is 1.02. The molecule has 0 aromatic carbocycles. The molecule has 0 aliphatic rings. The Morgan fingerprint density at radius 3 is 2.40 bits per heavy atom. The fourth-order valence-electron chi connectivity index (χ4n) is 0.354. The maximum absolute atomic E-state index is 10.6. The predicted molar refractivity (Wildman–Crippen MR) is 44.6 cm³/mol. The van der Waals surface area contributed by atoms with E-state index in [9.17, 15) is 4.79 Å². The molecule has 0 saturated carbocycles. The molecule has 2 nitrogen and oxygen atoms in total. The molecule has 0 aromatic rings. The standard InChI is InChI=1S/C6H13ClO2Si/c1-4-6(8)9-5-10(2,3)7/h4-5H2,1-3H3. The first kappa shape index (κ1) is 9.98. The highest BCUT2D eigenvalue weighted by atomic mass is 35.6. The minimum atomic E-state index is -1.71. The van der Waals surface area contributed by atoms with Crippen LogP contribution in [0.1, 0.15) is 13.3 Å². The maximum atomic E-state index is 10.6. The van der Waals surface area contributed by atoms with Gasteiger partial charge >= 0.3 is 5.97 Å². The first-order valence-electron chi connectivity index (χ1n) is 3.30. The van der Waals surface area contributed by atoms with Crippen molar-refractivity contribution in [1.29, 1.82) is 0 Å². The van der Waals surface area contributed by atoms with Gasteiger partial charge in [0.2, 0.25) is 0 Å². The Balaban J connectivity index is 3.46. The van der Waals surface area contributed by atoms with Gasteiger partial charge in [-0.15, -0.1) is 0 Å². The Bertz CT molecular complexity index is 119. The van der Waals surface area contributed by atoms with Gasteiger partial charge in [-0.2, -0.15) is 11.1 Å². The number of rotatable bonds is 3. The summed E-state index contributed by atoms with van der Waals surface area (Å²) in [6, 6.07) is 0. The van der Waals surface area contributed by atoms with Gasteiger partial charge in [0.25, 0.3) is 0 Å². The average Bonchev–Trinajstić information content (AvgIpc) is 1.81. The van der Waals surface area contributed by atoms with Crippen LogP contribution in [0.3, 0.4) is 0 Å². The molecule has 0 aliphatic carbocycles. The molecule has 0 saturated heterocycles. The highest BCUT2D eigenvalue weighted by Crippen LogP contribution is 2.07. The van der Waals surface area contributed by atoms with Gasteiger partial charge in [-0.05, 0) is 0 Å². The van der Waals surface area contributed by atoms with Crippen molar-refractivity contribution < 1.29 is 9.53 Å². The van der Waals surface area contributed by atoms with Gasteiger partial charge in [0.1, 0.15) is 0 Å². The summed E-state index contributed by atoms with van der Waals surface area (Å²) in [4.78, 5) is 10.6. The van der Waals surface area contributed by atoms with Crippen molar-refractivity contribution in [2.75, 3.05) is 6.23 Å². The summed E-state index contributed by atoms with van der Waals surface area (Å²) in [6.45, 7) is 5.65. The molecule has 0 atom stereocenters. The molecule has 0 aromatic heterocycles. The molecule has 0 bridgehead atoms. The first-order chi connectivity index (χ1) is 4.45. The third-order valence-corrected chi connectivity index (χ3v) is 2.02. The van der Waals surface area contributed by atoms with E-state index in [1.165, 1.54) is 0 Å². The van der Waals surface area contributed by atoms with Gasteiger partial charge in [-0.1, -0.05) is 20.0 Å². The maximum Gasteiger partial charge on any atom is 0.305 e. The van der Waals surface area contributed by atoms with Crippen molar-refractivity contribution in [3.63, 3.8) is 0 Å². The molecule has 0 aliphatic heterocycles. The van der Waals surface area contributed by atoms with Crippen LogP contribution in [0.4, 0.5) is 0 Å². The Kier molecular flexibility index (Phi) is 3.97. The summed E-state index contributed by atoms with van der Waals surface area (Å²) in [6.07, 6.45) is 0.850. The highest BCUT2D eigenvalue weighted by molar-refractivity contribution is 7.19. The molecule has 0 spiro atoms. The van der Waals surface area contributed by atoms with E-state index in [-0.39, 0.29) is 5.97 Å². The zero-order valence-electron chi connectivity index (χ0n) is 6.61. The SMILES string of the molecule is CCC(=O)OC[Si](C)(C)Cl. The number of carbonyl (C=O) groups is 1. The van der Waals surface area contributed by atoms with Crippen LogP contribution in [0.25, 0.3) is 0 Å². The quantitative estimate of drug-likeness (QED) is 0.377. The van der Waals surface area contributed by atoms with Crippen LogP contribution in [0.2, 0.25) is 13.1 Å². The molecule has 0 amide bonds. The molecule has 0 radical (unpaired) electrons. The summed E-state index contributed by atoms with van der Waals surface area (Å²) in [7, 11) is -1.71. The lowest BCUT2D eigenvalue weighted by molar-refractivity contribution is -0.141.